The highest BCUT2D eigenvalue weighted by Crippen LogP contribution is 2.34. The number of nitrogens with two attached hydrogens (primary N) is 1. The van der Waals surface area contributed by atoms with Gasteiger partial charge in [-0.3, -0.25) is 4.79 Å². The number of ether oxygens (including phenoxy) is 1. The molecule has 24 heavy (non-hydrogen) atoms. The molecule has 0 bridgehead atoms. The van der Waals surface area contributed by atoms with Gasteiger partial charge >= 0.3 is 6.36 Å². The van der Waals surface area contributed by atoms with Crippen molar-refractivity contribution in [3.63, 3.8) is 0 Å². The molecule has 2 unspecified atom stereocenters. The van der Waals surface area contributed by atoms with Crippen molar-refractivity contribution >= 4 is 24.0 Å². The lowest BCUT2D eigenvalue weighted by Gasteiger charge is -2.39. The van der Waals surface area contributed by atoms with Gasteiger partial charge in [0, 0.05) is 24.3 Å². The zero-order chi connectivity index (χ0) is 17.3. The molecule has 2 rings (SSSR count). The molecule has 0 radical (unpaired) electrons. The summed E-state index contributed by atoms with van der Waals surface area (Å²) in [6.07, 6.45) is -1.41. The smallest absolute Gasteiger partial charge is 0.406 e. The van der Waals surface area contributed by atoms with E-state index >= 15 is 0 Å². The zero-order valence-corrected chi connectivity index (χ0v) is 14.4. The first-order valence-corrected chi connectivity index (χ1v) is 7.52. The highest BCUT2D eigenvalue weighted by Gasteiger charge is 2.39. The van der Waals surface area contributed by atoms with Crippen LogP contribution in [-0.4, -0.2) is 24.9 Å². The maximum Gasteiger partial charge on any atom is 0.573 e. The summed E-state index contributed by atoms with van der Waals surface area (Å²) in [6, 6.07) is 5.38. The van der Waals surface area contributed by atoms with E-state index in [-0.39, 0.29) is 30.0 Å². The van der Waals surface area contributed by atoms with Crippen LogP contribution in [0.15, 0.2) is 24.3 Å². The molecule has 136 valence electrons. The largest absolute Gasteiger partial charge is 0.573 e. The lowest BCUT2D eigenvalue weighted by molar-refractivity contribution is -0.274. The highest BCUT2D eigenvalue weighted by molar-refractivity contribution is 5.95. The summed E-state index contributed by atoms with van der Waals surface area (Å²) in [5, 5.41) is 0. The maximum atomic E-state index is 12.7. The van der Waals surface area contributed by atoms with Gasteiger partial charge < -0.3 is 15.4 Å². The van der Waals surface area contributed by atoms with Crippen molar-refractivity contribution < 1.29 is 22.7 Å². The van der Waals surface area contributed by atoms with E-state index in [1.165, 1.54) is 23.1 Å². The van der Waals surface area contributed by atoms with E-state index in [2.05, 4.69) is 4.74 Å². The quantitative estimate of drug-likeness (QED) is 0.883. The Morgan fingerprint density at radius 1 is 1.38 bits per heavy atom. The predicted octanol–water partition coefficient (Wildman–Crippen LogP) is 3.88. The Kier molecular flexibility index (Phi) is 6.52. The Bertz CT molecular complexity index is 579. The molecule has 1 fully saturated rings. The second kappa shape index (κ2) is 7.61. The minimum atomic E-state index is -4.76. The van der Waals surface area contributed by atoms with Gasteiger partial charge in [-0.1, -0.05) is 18.9 Å². The van der Waals surface area contributed by atoms with Crippen molar-refractivity contribution in [3.05, 3.63) is 24.3 Å². The average molecular weight is 367 g/mol. The monoisotopic (exact) mass is 366 g/mol. The summed E-state index contributed by atoms with van der Waals surface area (Å²) in [6.45, 7) is 1.85. The molecule has 1 aromatic carbocycles. The number of benzene rings is 1. The molecule has 1 aliphatic rings. The Morgan fingerprint density at radius 3 is 2.62 bits per heavy atom. The highest BCUT2D eigenvalue weighted by atomic mass is 35.5. The fourth-order valence-corrected chi connectivity index (χ4v) is 3.01. The van der Waals surface area contributed by atoms with E-state index in [0.29, 0.717) is 12.1 Å². The summed E-state index contributed by atoms with van der Waals surface area (Å²) >= 11 is 0. The molecular formula is C16H22ClF3N2O2. The average Bonchev–Trinajstić information content (AvgIpc) is 2.44. The number of hydrogen-bond donors (Lipinski definition) is 1. The number of halogens is 4. The fraction of sp³-hybridized carbons (Fsp3) is 0.562. The van der Waals surface area contributed by atoms with Gasteiger partial charge in [0.1, 0.15) is 5.75 Å². The Hall–Kier alpha value is -1.47. The van der Waals surface area contributed by atoms with Gasteiger partial charge in [-0.2, -0.15) is 0 Å². The molecule has 1 saturated carbocycles. The van der Waals surface area contributed by atoms with E-state index in [1.54, 1.807) is 13.1 Å². The molecule has 1 amide bonds. The summed E-state index contributed by atoms with van der Waals surface area (Å²) < 4.78 is 40.8. The van der Waals surface area contributed by atoms with Crippen molar-refractivity contribution in [2.75, 3.05) is 11.9 Å². The topological polar surface area (TPSA) is 55.6 Å². The van der Waals surface area contributed by atoms with Gasteiger partial charge in [-0.15, -0.1) is 25.6 Å². The molecule has 8 heteroatoms. The Labute approximate surface area is 145 Å². The van der Waals surface area contributed by atoms with Gasteiger partial charge in [0.15, 0.2) is 0 Å². The summed E-state index contributed by atoms with van der Waals surface area (Å²) in [5.41, 5.74) is 5.98. The van der Waals surface area contributed by atoms with Crippen LogP contribution in [-0.2, 0) is 4.79 Å². The van der Waals surface area contributed by atoms with Crippen LogP contribution in [0.25, 0.3) is 0 Å². The molecule has 2 atom stereocenters. The number of nitrogens with zero attached hydrogens (tertiary/aromatic N) is 1. The van der Waals surface area contributed by atoms with Crippen molar-refractivity contribution in [1.29, 1.82) is 0 Å². The lowest BCUT2D eigenvalue weighted by Crippen LogP contribution is -2.53. The standard InChI is InChI=1S/C16H21F3N2O2.ClH/c1-15(20)9-4-3-8-13(15)14(22)21(2)11-6-5-7-12(10-11)23-16(17,18)19;/h5-7,10,13H,3-4,8-9,20H2,1-2H3;1H. The number of carbonyl (C=O) groups is 1. The Morgan fingerprint density at radius 2 is 2.04 bits per heavy atom. The van der Waals surface area contributed by atoms with Crippen molar-refractivity contribution in [3.8, 4) is 5.75 Å². The van der Waals surface area contributed by atoms with Gasteiger partial charge in [-0.05, 0) is 31.9 Å². The van der Waals surface area contributed by atoms with E-state index in [9.17, 15) is 18.0 Å². The minimum absolute atomic E-state index is 0. The lowest BCUT2D eigenvalue weighted by atomic mass is 9.74. The third kappa shape index (κ3) is 5.01. The molecule has 0 saturated heterocycles. The first-order chi connectivity index (χ1) is 10.6. The molecule has 1 aromatic rings. The molecule has 0 aliphatic heterocycles. The van der Waals surface area contributed by atoms with Crippen molar-refractivity contribution in [2.24, 2.45) is 11.7 Å². The van der Waals surface area contributed by atoms with Gasteiger partial charge in [0.25, 0.3) is 0 Å². The third-order valence-corrected chi connectivity index (χ3v) is 4.32. The van der Waals surface area contributed by atoms with Crippen LogP contribution >= 0.6 is 12.4 Å². The molecule has 1 aliphatic carbocycles. The molecule has 0 aromatic heterocycles. The number of carbonyl (C=O) groups excluding carboxylic acids is 1. The van der Waals surface area contributed by atoms with Gasteiger partial charge in [0.2, 0.25) is 5.91 Å². The Balaban J connectivity index is 0.00000288. The first-order valence-electron chi connectivity index (χ1n) is 7.52. The van der Waals surface area contributed by atoms with E-state index in [4.69, 9.17) is 5.73 Å². The fourth-order valence-electron chi connectivity index (χ4n) is 3.01. The number of hydrogen-bond acceptors (Lipinski definition) is 3. The number of anilines is 1. The third-order valence-electron chi connectivity index (χ3n) is 4.32. The van der Waals surface area contributed by atoms with Crippen molar-refractivity contribution in [1.82, 2.24) is 0 Å². The number of rotatable bonds is 3. The molecule has 0 heterocycles. The van der Waals surface area contributed by atoms with E-state index in [0.717, 1.165) is 19.3 Å². The second-order valence-electron chi connectivity index (χ2n) is 6.25. The van der Waals surface area contributed by atoms with Gasteiger partial charge in [0.05, 0.1) is 5.92 Å². The maximum absolute atomic E-state index is 12.7. The van der Waals surface area contributed by atoms with Crippen LogP contribution in [0.5, 0.6) is 5.75 Å². The second-order valence-corrected chi connectivity index (χ2v) is 6.25. The van der Waals surface area contributed by atoms with Crippen LogP contribution in [0.3, 0.4) is 0 Å². The molecule has 2 N–H and O–H groups in total. The normalized spacial score (nSPS) is 24.0. The zero-order valence-electron chi connectivity index (χ0n) is 13.6. The molecule has 0 spiro atoms. The van der Waals surface area contributed by atoms with Crippen molar-refractivity contribution in [2.45, 2.75) is 44.5 Å². The number of alkyl halides is 3. The summed E-state index contributed by atoms with van der Waals surface area (Å²) in [7, 11) is 1.54. The van der Waals surface area contributed by atoms with Crippen LogP contribution in [0.1, 0.15) is 32.6 Å². The summed E-state index contributed by atoms with van der Waals surface area (Å²) in [4.78, 5) is 14.0. The van der Waals surface area contributed by atoms with E-state index < -0.39 is 11.9 Å². The summed E-state index contributed by atoms with van der Waals surface area (Å²) in [5.74, 6) is -0.874. The van der Waals surface area contributed by atoms with Crippen LogP contribution in [0, 0.1) is 5.92 Å². The number of amides is 1. The first kappa shape index (κ1) is 20.6. The van der Waals surface area contributed by atoms with Crippen LogP contribution in [0.4, 0.5) is 18.9 Å². The minimum Gasteiger partial charge on any atom is -0.406 e. The van der Waals surface area contributed by atoms with Gasteiger partial charge in [-0.25, -0.2) is 0 Å². The van der Waals surface area contributed by atoms with E-state index in [1.807, 2.05) is 6.92 Å². The molecular weight excluding hydrogens is 345 g/mol. The van der Waals surface area contributed by atoms with Crippen LogP contribution < -0.4 is 15.4 Å². The predicted molar refractivity (Wildman–Crippen MR) is 88.3 cm³/mol. The SMILES string of the molecule is CN(C(=O)C1CCCCC1(C)N)c1cccc(OC(F)(F)F)c1.Cl. The van der Waals surface area contributed by atoms with Crippen LogP contribution in [0.2, 0.25) is 0 Å². The molecule has 4 nitrogen and oxygen atoms in total.